The largest absolute Gasteiger partial charge is 0.480 e. The van der Waals surface area contributed by atoms with E-state index in [0.717, 1.165) is 16.8 Å². The van der Waals surface area contributed by atoms with E-state index in [4.69, 9.17) is 10.8 Å². The molecule has 1 aromatic heterocycles. The molecule has 4 N–H and O–H groups in total. The van der Waals surface area contributed by atoms with Crippen molar-refractivity contribution in [2.45, 2.75) is 19.4 Å². The second-order valence-electron chi connectivity index (χ2n) is 4.29. The molecule has 18 heavy (non-hydrogen) atoms. The summed E-state index contributed by atoms with van der Waals surface area (Å²) in [5.74, 6) is -1.01. The van der Waals surface area contributed by atoms with Gasteiger partial charge >= 0.3 is 5.97 Å². The average molecular weight is 245 g/mol. The molecule has 0 radical (unpaired) electrons. The number of nitrogens with one attached hydrogen (secondary N) is 1. The Morgan fingerprint density at radius 1 is 1.44 bits per heavy atom. The number of carboxylic acid groups (broad SMARTS) is 1. The van der Waals surface area contributed by atoms with Crippen LogP contribution in [-0.4, -0.2) is 27.3 Å². The van der Waals surface area contributed by atoms with Crippen LogP contribution in [0.25, 0.3) is 11.3 Å². The lowest BCUT2D eigenvalue weighted by Crippen LogP contribution is -2.32. The van der Waals surface area contributed by atoms with E-state index in [2.05, 4.69) is 10.2 Å². The van der Waals surface area contributed by atoms with Gasteiger partial charge < -0.3 is 10.8 Å². The second kappa shape index (κ2) is 5.01. The monoisotopic (exact) mass is 245 g/mol. The lowest BCUT2D eigenvalue weighted by Gasteiger charge is -2.07. The van der Waals surface area contributed by atoms with Crippen molar-refractivity contribution in [2.75, 3.05) is 0 Å². The van der Waals surface area contributed by atoms with Gasteiger partial charge in [-0.2, -0.15) is 5.10 Å². The van der Waals surface area contributed by atoms with E-state index in [1.807, 2.05) is 31.2 Å². The van der Waals surface area contributed by atoms with Gasteiger partial charge in [0.2, 0.25) is 0 Å². The fourth-order valence-electron chi connectivity index (χ4n) is 1.76. The van der Waals surface area contributed by atoms with E-state index in [1.54, 1.807) is 6.20 Å². The minimum atomic E-state index is -1.01. The summed E-state index contributed by atoms with van der Waals surface area (Å²) < 4.78 is 0. The van der Waals surface area contributed by atoms with E-state index < -0.39 is 12.0 Å². The highest BCUT2D eigenvalue weighted by molar-refractivity contribution is 5.74. The normalized spacial score (nSPS) is 12.3. The third-order valence-corrected chi connectivity index (χ3v) is 2.82. The van der Waals surface area contributed by atoms with Crippen molar-refractivity contribution in [3.05, 3.63) is 41.6 Å². The highest BCUT2D eigenvalue weighted by Gasteiger charge is 2.16. The molecule has 0 aliphatic heterocycles. The molecule has 0 aliphatic rings. The predicted octanol–water partition coefficient (Wildman–Crippen LogP) is 1.34. The van der Waals surface area contributed by atoms with Gasteiger partial charge in [-0.1, -0.05) is 29.8 Å². The van der Waals surface area contributed by atoms with Crippen LogP contribution >= 0.6 is 0 Å². The van der Waals surface area contributed by atoms with E-state index in [9.17, 15) is 4.79 Å². The zero-order valence-corrected chi connectivity index (χ0v) is 10.1. The number of carboxylic acids is 1. The van der Waals surface area contributed by atoms with Crippen molar-refractivity contribution < 1.29 is 9.90 Å². The van der Waals surface area contributed by atoms with Crippen molar-refractivity contribution in [2.24, 2.45) is 5.73 Å². The number of aromatic nitrogens is 2. The highest BCUT2D eigenvalue weighted by Crippen LogP contribution is 2.22. The minimum Gasteiger partial charge on any atom is -0.480 e. The molecule has 0 saturated heterocycles. The third-order valence-electron chi connectivity index (χ3n) is 2.82. The number of H-pyrrole nitrogens is 1. The number of hydrogen-bond acceptors (Lipinski definition) is 3. The number of carbonyl (C=O) groups is 1. The van der Waals surface area contributed by atoms with Gasteiger partial charge in [-0.3, -0.25) is 9.89 Å². The van der Waals surface area contributed by atoms with Crippen molar-refractivity contribution in [3.8, 4) is 11.3 Å². The molecular formula is C13H15N3O2. The molecule has 0 bridgehead atoms. The summed E-state index contributed by atoms with van der Waals surface area (Å²) in [4.78, 5) is 10.8. The van der Waals surface area contributed by atoms with Crippen LogP contribution < -0.4 is 5.73 Å². The van der Waals surface area contributed by atoms with Crippen LogP contribution in [0.2, 0.25) is 0 Å². The van der Waals surface area contributed by atoms with Crippen molar-refractivity contribution in [3.63, 3.8) is 0 Å². The summed E-state index contributed by atoms with van der Waals surface area (Å²) in [6.45, 7) is 2.01. The summed E-state index contributed by atoms with van der Waals surface area (Å²) in [5, 5.41) is 15.7. The fourth-order valence-corrected chi connectivity index (χ4v) is 1.76. The van der Waals surface area contributed by atoms with Crippen LogP contribution in [0, 0.1) is 6.92 Å². The van der Waals surface area contributed by atoms with Crippen LogP contribution in [0.15, 0.2) is 30.5 Å². The summed E-state index contributed by atoms with van der Waals surface area (Å²) in [5.41, 5.74) is 9.32. The third kappa shape index (κ3) is 2.57. The lowest BCUT2D eigenvalue weighted by atomic mass is 10.0. The summed E-state index contributed by atoms with van der Waals surface area (Å²) in [7, 11) is 0. The van der Waals surface area contributed by atoms with Crippen LogP contribution in [-0.2, 0) is 11.2 Å². The number of aromatic amines is 1. The van der Waals surface area contributed by atoms with E-state index >= 15 is 0 Å². The standard InChI is InChI=1S/C13H15N3O2/c1-8-2-4-9(5-3-8)12-10(7-15-16-12)6-11(14)13(17)18/h2-5,7,11H,6,14H2,1H3,(H,15,16)(H,17,18). The molecule has 0 amide bonds. The molecule has 5 heteroatoms. The van der Waals surface area contributed by atoms with Gasteiger partial charge in [0.1, 0.15) is 6.04 Å². The molecule has 0 saturated carbocycles. The molecule has 1 heterocycles. The first-order valence-corrected chi connectivity index (χ1v) is 5.65. The Balaban J connectivity index is 2.27. The first-order chi connectivity index (χ1) is 8.58. The van der Waals surface area contributed by atoms with Gasteiger partial charge in [0, 0.05) is 6.42 Å². The van der Waals surface area contributed by atoms with Gasteiger partial charge in [0.25, 0.3) is 0 Å². The topological polar surface area (TPSA) is 92.0 Å². The number of rotatable bonds is 4. The molecule has 5 nitrogen and oxygen atoms in total. The Bertz CT molecular complexity index is 546. The van der Waals surface area contributed by atoms with Crippen LogP contribution in [0.3, 0.4) is 0 Å². The Hall–Kier alpha value is -2.14. The Morgan fingerprint density at radius 2 is 2.11 bits per heavy atom. The van der Waals surface area contributed by atoms with Crippen LogP contribution in [0.4, 0.5) is 0 Å². The van der Waals surface area contributed by atoms with Gasteiger partial charge in [0.15, 0.2) is 0 Å². The summed E-state index contributed by atoms with van der Waals surface area (Å²) >= 11 is 0. The minimum absolute atomic E-state index is 0.259. The zero-order chi connectivity index (χ0) is 13.1. The summed E-state index contributed by atoms with van der Waals surface area (Å²) in [6, 6.07) is 7.03. The average Bonchev–Trinajstić information content (AvgIpc) is 2.78. The number of aliphatic carboxylic acids is 1. The SMILES string of the molecule is Cc1ccc(-c2[nH]ncc2CC(N)C(=O)O)cc1. The quantitative estimate of drug-likeness (QED) is 0.758. The number of hydrogen-bond donors (Lipinski definition) is 3. The molecule has 0 spiro atoms. The molecular weight excluding hydrogens is 230 g/mol. The number of nitrogens with two attached hydrogens (primary N) is 1. The molecule has 1 aromatic carbocycles. The van der Waals surface area contributed by atoms with Crippen LogP contribution in [0.5, 0.6) is 0 Å². The highest BCUT2D eigenvalue weighted by atomic mass is 16.4. The van der Waals surface area contributed by atoms with Crippen molar-refractivity contribution >= 4 is 5.97 Å². The maximum Gasteiger partial charge on any atom is 0.320 e. The first kappa shape index (κ1) is 12.3. The maximum absolute atomic E-state index is 10.8. The number of benzene rings is 1. The molecule has 1 atom stereocenters. The van der Waals surface area contributed by atoms with E-state index in [1.165, 1.54) is 5.56 Å². The first-order valence-electron chi connectivity index (χ1n) is 5.65. The fraction of sp³-hybridized carbons (Fsp3) is 0.231. The molecule has 2 rings (SSSR count). The lowest BCUT2D eigenvalue weighted by molar-refractivity contribution is -0.138. The second-order valence-corrected chi connectivity index (χ2v) is 4.29. The zero-order valence-electron chi connectivity index (χ0n) is 10.1. The summed E-state index contributed by atoms with van der Waals surface area (Å²) in [6.07, 6.45) is 1.88. The molecule has 94 valence electrons. The molecule has 0 aliphatic carbocycles. The van der Waals surface area contributed by atoms with Gasteiger partial charge in [-0.05, 0) is 18.1 Å². The number of aryl methyl sites for hydroxylation is 1. The van der Waals surface area contributed by atoms with E-state index in [-0.39, 0.29) is 6.42 Å². The maximum atomic E-state index is 10.8. The molecule has 2 aromatic rings. The van der Waals surface area contributed by atoms with Gasteiger partial charge in [-0.25, -0.2) is 0 Å². The number of nitrogens with zero attached hydrogens (tertiary/aromatic N) is 1. The Kier molecular flexibility index (Phi) is 3.43. The molecule has 1 unspecified atom stereocenters. The van der Waals surface area contributed by atoms with Crippen molar-refractivity contribution in [1.29, 1.82) is 0 Å². The van der Waals surface area contributed by atoms with Crippen LogP contribution in [0.1, 0.15) is 11.1 Å². The Labute approximate surface area is 105 Å². The Morgan fingerprint density at radius 3 is 2.72 bits per heavy atom. The smallest absolute Gasteiger partial charge is 0.320 e. The molecule has 0 fully saturated rings. The van der Waals surface area contributed by atoms with Crippen molar-refractivity contribution in [1.82, 2.24) is 10.2 Å². The van der Waals surface area contributed by atoms with Gasteiger partial charge in [-0.15, -0.1) is 0 Å². The predicted molar refractivity (Wildman–Crippen MR) is 68.1 cm³/mol. The van der Waals surface area contributed by atoms with Gasteiger partial charge in [0.05, 0.1) is 11.9 Å². The van der Waals surface area contributed by atoms with E-state index in [0.29, 0.717) is 0 Å².